The second-order valence-electron chi connectivity index (χ2n) is 7.08. The highest BCUT2D eigenvalue weighted by Gasteiger charge is 2.17. The molecule has 27 heavy (non-hydrogen) atoms. The summed E-state index contributed by atoms with van der Waals surface area (Å²) in [6, 6.07) is 5.82. The minimum absolute atomic E-state index is 0.346. The molecule has 7 nitrogen and oxygen atoms in total. The van der Waals surface area contributed by atoms with Crippen LogP contribution in [-0.4, -0.2) is 81.2 Å². The Morgan fingerprint density at radius 3 is 2.89 bits per heavy atom. The lowest BCUT2D eigenvalue weighted by atomic mass is 10.1. The van der Waals surface area contributed by atoms with Crippen LogP contribution in [0.4, 0.5) is 4.79 Å². The first-order valence-electron chi connectivity index (χ1n) is 9.38. The zero-order valence-electron chi connectivity index (χ0n) is 16.4. The smallest absolute Gasteiger partial charge is 0.418 e. The molecule has 1 saturated heterocycles. The fourth-order valence-electron chi connectivity index (χ4n) is 3.25. The number of ether oxygens (including phenoxy) is 3. The van der Waals surface area contributed by atoms with E-state index in [1.807, 2.05) is 38.5 Å². The number of aromatic nitrogens is 1. The van der Waals surface area contributed by atoms with Crippen molar-refractivity contribution in [2.75, 3.05) is 60.8 Å². The molecule has 0 atom stereocenters. The monoisotopic (exact) mass is 375 g/mol. The fraction of sp³-hybridized carbons (Fsp3) is 0.550. The third-order valence-corrected chi connectivity index (χ3v) is 4.79. The summed E-state index contributed by atoms with van der Waals surface area (Å²) < 4.78 is 17.9. The Kier molecular flexibility index (Phi) is 6.71. The van der Waals surface area contributed by atoms with E-state index >= 15 is 0 Å². The number of fused-ring (bicyclic) bond motifs is 1. The van der Waals surface area contributed by atoms with Gasteiger partial charge >= 0.3 is 6.09 Å². The molecule has 1 aromatic carbocycles. The molecule has 0 N–H and O–H groups in total. The molecule has 7 heteroatoms. The van der Waals surface area contributed by atoms with Crippen LogP contribution in [0.1, 0.15) is 12.0 Å². The van der Waals surface area contributed by atoms with Gasteiger partial charge in [-0.05, 0) is 44.6 Å². The van der Waals surface area contributed by atoms with Gasteiger partial charge < -0.3 is 19.1 Å². The van der Waals surface area contributed by atoms with Crippen LogP contribution in [0.5, 0.6) is 5.75 Å². The largest absolute Gasteiger partial charge is 0.497 e. The molecule has 0 amide bonds. The second-order valence-corrected chi connectivity index (χ2v) is 7.08. The maximum absolute atomic E-state index is 12.7. The van der Waals surface area contributed by atoms with Gasteiger partial charge in [0, 0.05) is 43.9 Å². The molecular weight excluding hydrogens is 346 g/mol. The van der Waals surface area contributed by atoms with Crippen molar-refractivity contribution in [2.24, 2.45) is 0 Å². The molecule has 2 aromatic rings. The van der Waals surface area contributed by atoms with E-state index in [1.54, 1.807) is 11.7 Å². The zero-order chi connectivity index (χ0) is 19.2. The summed E-state index contributed by atoms with van der Waals surface area (Å²) >= 11 is 0. The molecule has 1 aromatic heterocycles. The summed E-state index contributed by atoms with van der Waals surface area (Å²) in [5, 5.41) is 1.05. The van der Waals surface area contributed by atoms with Gasteiger partial charge in [-0.2, -0.15) is 0 Å². The summed E-state index contributed by atoms with van der Waals surface area (Å²) in [6.07, 6.45) is 3.41. The van der Waals surface area contributed by atoms with Crippen LogP contribution >= 0.6 is 0 Å². The first-order valence-corrected chi connectivity index (χ1v) is 9.38. The van der Waals surface area contributed by atoms with Crippen molar-refractivity contribution in [1.82, 2.24) is 14.4 Å². The Morgan fingerprint density at radius 1 is 1.33 bits per heavy atom. The number of carbonyl (C=O) groups is 1. The molecule has 1 aliphatic heterocycles. The van der Waals surface area contributed by atoms with Gasteiger partial charge in [0.05, 0.1) is 19.4 Å². The van der Waals surface area contributed by atoms with E-state index < -0.39 is 0 Å². The van der Waals surface area contributed by atoms with Crippen LogP contribution < -0.4 is 4.74 Å². The van der Waals surface area contributed by atoms with Gasteiger partial charge in [-0.25, -0.2) is 4.79 Å². The first-order chi connectivity index (χ1) is 13.1. The second kappa shape index (κ2) is 9.21. The molecule has 3 rings (SSSR count). The lowest BCUT2D eigenvalue weighted by molar-refractivity contribution is -0.0207. The van der Waals surface area contributed by atoms with Crippen molar-refractivity contribution < 1.29 is 19.0 Å². The summed E-state index contributed by atoms with van der Waals surface area (Å²) in [5.74, 6) is 0.722. The number of methoxy groups -OCH3 is 1. The summed E-state index contributed by atoms with van der Waals surface area (Å²) in [7, 11) is 5.71. The van der Waals surface area contributed by atoms with Gasteiger partial charge in [0.1, 0.15) is 12.4 Å². The predicted molar refractivity (Wildman–Crippen MR) is 105 cm³/mol. The van der Waals surface area contributed by atoms with E-state index in [2.05, 4.69) is 9.80 Å². The van der Waals surface area contributed by atoms with Crippen LogP contribution in [-0.2, 0) is 15.9 Å². The molecule has 0 radical (unpaired) electrons. The maximum atomic E-state index is 12.7. The van der Waals surface area contributed by atoms with Gasteiger partial charge in [0.15, 0.2) is 0 Å². The average Bonchev–Trinajstić information content (AvgIpc) is 3.05. The molecular formula is C20H29N3O4. The van der Waals surface area contributed by atoms with E-state index in [0.717, 1.165) is 54.8 Å². The highest BCUT2D eigenvalue weighted by molar-refractivity contribution is 5.92. The Labute approximate surface area is 160 Å². The molecule has 1 fully saturated rings. The summed E-state index contributed by atoms with van der Waals surface area (Å²) in [5.41, 5.74) is 1.94. The van der Waals surface area contributed by atoms with Crippen LogP contribution in [0.25, 0.3) is 10.9 Å². The van der Waals surface area contributed by atoms with Crippen molar-refractivity contribution in [2.45, 2.75) is 12.8 Å². The average molecular weight is 375 g/mol. The van der Waals surface area contributed by atoms with Gasteiger partial charge in [0.2, 0.25) is 0 Å². The standard InChI is InChI=1S/C20H29N3O4/c1-21(2)9-7-16-14-23(19-13-17(25-3)5-6-18(16)19)20(24)27-12-10-22-8-4-11-26-15-22/h5-6,13-14H,4,7-12,15H2,1-3H3. The van der Waals surface area contributed by atoms with Gasteiger partial charge in [-0.15, -0.1) is 0 Å². The van der Waals surface area contributed by atoms with Gasteiger partial charge in [0.25, 0.3) is 0 Å². The van der Waals surface area contributed by atoms with Crippen LogP contribution in [0, 0.1) is 0 Å². The lowest BCUT2D eigenvalue weighted by Crippen LogP contribution is -2.36. The Balaban J connectivity index is 1.73. The topological polar surface area (TPSA) is 56.2 Å². The van der Waals surface area contributed by atoms with Crippen molar-refractivity contribution in [3.63, 3.8) is 0 Å². The lowest BCUT2D eigenvalue weighted by Gasteiger charge is -2.26. The predicted octanol–water partition coefficient (Wildman–Crippen LogP) is 2.42. The van der Waals surface area contributed by atoms with Crippen molar-refractivity contribution in [3.8, 4) is 5.75 Å². The van der Waals surface area contributed by atoms with E-state index in [9.17, 15) is 4.79 Å². The first kappa shape index (κ1) is 19.7. The number of carbonyl (C=O) groups excluding carboxylic acids is 1. The number of rotatable bonds is 7. The highest BCUT2D eigenvalue weighted by Crippen LogP contribution is 2.26. The van der Waals surface area contributed by atoms with E-state index in [1.165, 1.54) is 0 Å². The van der Waals surface area contributed by atoms with Gasteiger partial charge in [-0.3, -0.25) is 9.47 Å². The van der Waals surface area contributed by atoms with Crippen LogP contribution in [0.2, 0.25) is 0 Å². The Hall–Kier alpha value is -2.09. The van der Waals surface area contributed by atoms with Crippen molar-refractivity contribution in [3.05, 3.63) is 30.0 Å². The minimum Gasteiger partial charge on any atom is -0.497 e. The third-order valence-electron chi connectivity index (χ3n) is 4.79. The number of likely N-dealkylation sites (N-methyl/N-ethyl adjacent to an activating group) is 1. The summed E-state index contributed by atoms with van der Waals surface area (Å²) in [4.78, 5) is 17.0. The SMILES string of the molecule is COc1ccc2c(CCN(C)C)cn(C(=O)OCCN3CCCOC3)c2c1. The summed E-state index contributed by atoms with van der Waals surface area (Å²) in [6.45, 7) is 4.34. The Bertz CT molecular complexity index is 766. The number of hydrogen-bond donors (Lipinski definition) is 0. The minimum atomic E-state index is -0.359. The fourth-order valence-corrected chi connectivity index (χ4v) is 3.25. The number of nitrogens with zero attached hydrogens (tertiary/aromatic N) is 3. The molecule has 0 spiro atoms. The molecule has 0 unspecified atom stereocenters. The van der Waals surface area contributed by atoms with Crippen molar-refractivity contribution in [1.29, 1.82) is 0 Å². The number of benzene rings is 1. The van der Waals surface area contributed by atoms with Gasteiger partial charge in [-0.1, -0.05) is 0 Å². The van der Waals surface area contributed by atoms with E-state index in [-0.39, 0.29) is 6.09 Å². The van der Waals surface area contributed by atoms with Crippen LogP contribution in [0.15, 0.2) is 24.4 Å². The number of hydrogen-bond acceptors (Lipinski definition) is 6. The van der Waals surface area contributed by atoms with Crippen molar-refractivity contribution >= 4 is 17.0 Å². The molecule has 1 aliphatic rings. The van der Waals surface area contributed by atoms with E-state index in [4.69, 9.17) is 14.2 Å². The zero-order valence-corrected chi connectivity index (χ0v) is 16.4. The Morgan fingerprint density at radius 2 is 2.19 bits per heavy atom. The maximum Gasteiger partial charge on any atom is 0.418 e. The highest BCUT2D eigenvalue weighted by atomic mass is 16.6. The normalized spacial score (nSPS) is 15.4. The van der Waals surface area contributed by atoms with Crippen LogP contribution in [0.3, 0.4) is 0 Å². The quantitative estimate of drug-likeness (QED) is 0.741. The molecule has 0 bridgehead atoms. The third kappa shape index (κ3) is 5.00. The molecule has 2 heterocycles. The van der Waals surface area contributed by atoms with E-state index in [0.29, 0.717) is 19.9 Å². The molecule has 0 saturated carbocycles. The molecule has 148 valence electrons. The molecule has 0 aliphatic carbocycles.